The summed E-state index contributed by atoms with van der Waals surface area (Å²) >= 11 is 1.42. The summed E-state index contributed by atoms with van der Waals surface area (Å²) in [7, 11) is 0. The first kappa shape index (κ1) is 26.6. The van der Waals surface area contributed by atoms with Gasteiger partial charge in [0, 0.05) is 42.1 Å². The fourth-order valence-electron chi connectivity index (χ4n) is 4.38. The van der Waals surface area contributed by atoms with Gasteiger partial charge in [-0.1, -0.05) is 42.5 Å². The lowest BCUT2D eigenvalue weighted by Gasteiger charge is -2.31. The number of likely N-dealkylation sites (tertiary alicyclic amines) is 1. The first-order chi connectivity index (χ1) is 17.8. The highest BCUT2D eigenvalue weighted by Gasteiger charge is 2.31. The number of alkyl halides is 3. The molecule has 1 fully saturated rings. The molecular formula is C28H28F3N3O2S. The number of piperidine rings is 1. The first-order valence-corrected chi connectivity index (χ1v) is 13.1. The SMILES string of the molecule is CC=CCCC(=O)N1CCC(c2nc(C(=O)Nc3ccccc3-c3cccc(C(F)(F)F)c3)cs2)CC1. The van der Waals surface area contributed by atoms with Crippen LogP contribution in [0.15, 0.2) is 66.1 Å². The summed E-state index contributed by atoms with van der Waals surface area (Å²) in [4.78, 5) is 31.8. The zero-order valence-corrected chi connectivity index (χ0v) is 21.2. The summed E-state index contributed by atoms with van der Waals surface area (Å²) in [5, 5.41) is 5.37. The third-order valence-electron chi connectivity index (χ3n) is 6.39. The molecule has 1 aromatic heterocycles. The lowest BCUT2D eigenvalue weighted by Crippen LogP contribution is -2.37. The zero-order chi connectivity index (χ0) is 26.4. The molecule has 0 bridgehead atoms. The largest absolute Gasteiger partial charge is 0.416 e. The molecule has 0 spiro atoms. The van der Waals surface area contributed by atoms with Crippen LogP contribution in [0.4, 0.5) is 18.9 Å². The van der Waals surface area contributed by atoms with Gasteiger partial charge in [-0.05, 0) is 49.9 Å². The van der Waals surface area contributed by atoms with Crippen molar-refractivity contribution in [2.24, 2.45) is 0 Å². The van der Waals surface area contributed by atoms with Crippen molar-refractivity contribution in [3.05, 3.63) is 82.3 Å². The minimum absolute atomic E-state index is 0.162. The van der Waals surface area contributed by atoms with Crippen LogP contribution < -0.4 is 5.32 Å². The van der Waals surface area contributed by atoms with Crippen molar-refractivity contribution in [2.45, 2.75) is 44.7 Å². The maximum Gasteiger partial charge on any atom is 0.416 e. The fraction of sp³-hybridized carbons (Fsp3) is 0.321. The van der Waals surface area contributed by atoms with Gasteiger partial charge in [-0.3, -0.25) is 9.59 Å². The summed E-state index contributed by atoms with van der Waals surface area (Å²) < 4.78 is 39.6. The van der Waals surface area contributed by atoms with Crippen molar-refractivity contribution in [1.29, 1.82) is 0 Å². The van der Waals surface area contributed by atoms with Gasteiger partial charge in [-0.15, -0.1) is 11.3 Å². The molecule has 0 radical (unpaired) electrons. The van der Waals surface area contributed by atoms with Crippen molar-refractivity contribution < 1.29 is 22.8 Å². The second kappa shape index (κ2) is 11.7. The normalized spacial score (nSPS) is 14.8. The van der Waals surface area contributed by atoms with Crippen LogP contribution in [0.3, 0.4) is 0 Å². The number of nitrogens with zero attached hydrogens (tertiary/aromatic N) is 2. The number of carbonyl (C=O) groups excluding carboxylic acids is 2. The standard InChI is InChI=1S/C28H28F3N3O2S/c1-2-3-4-12-25(35)34-15-13-19(14-16-34)27-33-24(18-37-27)26(36)32-23-11-6-5-10-22(23)20-8-7-9-21(17-20)28(29,30)31/h2-3,5-11,17-19H,4,12-16H2,1H3,(H,32,36). The van der Waals surface area contributed by atoms with Gasteiger partial charge in [0.25, 0.3) is 5.91 Å². The average Bonchev–Trinajstić information content (AvgIpc) is 3.39. The summed E-state index contributed by atoms with van der Waals surface area (Å²) in [6, 6.07) is 11.8. The molecule has 1 saturated heterocycles. The van der Waals surface area contributed by atoms with Crippen LogP contribution in [0.2, 0.25) is 0 Å². The summed E-state index contributed by atoms with van der Waals surface area (Å²) in [5.41, 5.74) is 0.774. The molecule has 1 N–H and O–H groups in total. The molecule has 0 saturated carbocycles. The van der Waals surface area contributed by atoms with E-state index >= 15 is 0 Å². The third-order valence-corrected chi connectivity index (χ3v) is 7.40. The predicted octanol–water partition coefficient (Wildman–Crippen LogP) is 7.14. The van der Waals surface area contributed by atoms with Crippen LogP contribution in [-0.4, -0.2) is 34.8 Å². The fourth-order valence-corrected chi connectivity index (χ4v) is 5.35. The lowest BCUT2D eigenvalue weighted by atomic mass is 9.97. The van der Waals surface area contributed by atoms with Crippen molar-refractivity contribution in [1.82, 2.24) is 9.88 Å². The van der Waals surface area contributed by atoms with E-state index in [4.69, 9.17) is 0 Å². The van der Waals surface area contributed by atoms with Crippen molar-refractivity contribution in [3.63, 3.8) is 0 Å². The van der Waals surface area contributed by atoms with E-state index in [1.807, 2.05) is 24.0 Å². The Labute approximate surface area is 218 Å². The highest BCUT2D eigenvalue weighted by atomic mass is 32.1. The number of anilines is 1. The number of rotatable bonds is 7. The summed E-state index contributed by atoms with van der Waals surface area (Å²) in [6.45, 7) is 3.28. The molecule has 1 aliphatic rings. The monoisotopic (exact) mass is 527 g/mol. The van der Waals surface area contributed by atoms with E-state index in [0.717, 1.165) is 36.4 Å². The number of aromatic nitrogens is 1. The smallest absolute Gasteiger partial charge is 0.343 e. The average molecular weight is 528 g/mol. The van der Waals surface area contributed by atoms with E-state index in [0.29, 0.717) is 36.3 Å². The molecule has 2 aromatic carbocycles. The molecule has 2 heterocycles. The number of benzene rings is 2. The third kappa shape index (κ3) is 6.65. The van der Waals surface area contributed by atoms with E-state index in [2.05, 4.69) is 10.3 Å². The number of amides is 2. The van der Waals surface area contributed by atoms with Crippen molar-refractivity contribution >= 4 is 28.8 Å². The first-order valence-electron chi connectivity index (χ1n) is 12.2. The number of thiazole rings is 1. The second-order valence-corrected chi connectivity index (χ2v) is 9.80. The van der Waals surface area contributed by atoms with Gasteiger partial charge < -0.3 is 10.2 Å². The lowest BCUT2D eigenvalue weighted by molar-refractivity contribution is -0.137. The molecule has 9 heteroatoms. The Morgan fingerprint density at radius 1 is 1.14 bits per heavy atom. The van der Waals surface area contributed by atoms with Gasteiger partial charge in [-0.25, -0.2) is 4.98 Å². The number of para-hydroxylation sites is 1. The van der Waals surface area contributed by atoms with Crippen LogP contribution in [0.25, 0.3) is 11.1 Å². The number of hydrogen-bond donors (Lipinski definition) is 1. The Morgan fingerprint density at radius 2 is 1.89 bits per heavy atom. The topological polar surface area (TPSA) is 62.3 Å². The quantitative estimate of drug-likeness (QED) is 0.332. The molecule has 0 aliphatic carbocycles. The second-order valence-electron chi connectivity index (χ2n) is 8.91. The maximum absolute atomic E-state index is 13.2. The van der Waals surface area contributed by atoms with Gasteiger partial charge in [0.15, 0.2) is 0 Å². The molecule has 0 atom stereocenters. The molecular weight excluding hydrogens is 499 g/mol. The molecule has 3 aromatic rings. The number of hydrogen-bond acceptors (Lipinski definition) is 4. The minimum atomic E-state index is -4.46. The van der Waals surface area contributed by atoms with E-state index in [1.165, 1.54) is 17.4 Å². The molecule has 5 nitrogen and oxygen atoms in total. The summed E-state index contributed by atoms with van der Waals surface area (Å²) in [5.74, 6) is -0.0720. The van der Waals surface area contributed by atoms with Crippen LogP contribution in [-0.2, 0) is 11.0 Å². The van der Waals surface area contributed by atoms with Gasteiger partial charge in [0.05, 0.1) is 10.6 Å². The van der Waals surface area contributed by atoms with Crippen LogP contribution in [0.1, 0.15) is 59.6 Å². The van der Waals surface area contributed by atoms with E-state index in [-0.39, 0.29) is 17.5 Å². The molecule has 1 aliphatic heterocycles. The minimum Gasteiger partial charge on any atom is -0.343 e. The van der Waals surface area contributed by atoms with Crippen LogP contribution in [0, 0.1) is 0 Å². The van der Waals surface area contributed by atoms with Crippen LogP contribution in [0.5, 0.6) is 0 Å². The Bertz CT molecular complexity index is 1280. The number of allylic oxidation sites excluding steroid dienone is 2. The summed E-state index contributed by atoms with van der Waals surface area (Å²) in [6.07, 6.45) is 2.33. The zero-order valence-electron chi connectivity index (χ0n) is 20.4. The van der Waals surface area contributed by atoms with Gasteiger partial charge >= 0.3 is 6.18 Å². The van der Waals surface area contributed by atoms with E-state index in [9.17, 15) is 22.8 Å². The molecule has 2 amide bonds. The van der Waals surface area contributed by atoms with Crippen LogP contribution >= 0.6 is 11.3 Å². The van der Waals surface area contributed by atoms with Crippen molar-refractivity contribution in [2.75, 3.05) is 18.4 Å². The number of carbonyl (C=O) groups is 2. The highest BCUT2D eigenvalue weighted by Crippen LogP contribution is 2.35. The molecule has 37 heavy (non-hydrogen) atoms. The Morgan fingerprint density at radius 3 is 2.62 bits per heavy atom. The molecule has 0 unspecified atom stereocenters. The van der Waals surface area contributed by atoms with Crippen molar-refractivity contribution in [3.8, 4) is 11.1 Å². The Balaban J connectivity index is 1.41. The molecule has 194 valence electrons. The van der Waals surface area contributed by atoms with Gasteiger partial charge in [0.2, 0.25) is 5.91 Å². The molecule has 4 rings (SSSR count). The van der Waals surface area contributed by atoms with Gasteiger partial charge in [0.1, 0.15) is 5.69 Å². The number of nitrogens with one attached hydrogen (secondary N) is 1. The van der Waals surface area contributed by atoms with E-state index in [1.54, 1.807) is 35.7 Å². The highest BCUT2D eigenvalue weighted by molar-refractivity contribution is 7.10. The maximum atomic E-state index is 13.2. The Kier molecular flexibility index (Phi) is 8.43. The predicted molar refractivity (Wildman–Crippen MR) is 140 cm³/mol. The number of halogens is 3. The Hall–Kier alpha value is -3.46. The van der Waals surface area contributed by atoms with E-state index < -0.39 is 17.6 Å². The van der Waals surface area contributed by atoms with Gasteiger partial charge in [-0.2, -0.15) is 13.2 Å².